The predicted molar refractivity (Wildman–Crippen MR) is 62.8 cm³/mol. The van der Waals surface area contributed by atoms with Gasteiger partial charge in [0.25, 0.3) is 6.43 Å². The van der Waals surface area contributed by atoms with Gasteiger partial charge in [-0.1, -0.05) is 38.1 Å². The highest BCUT2D eigenvalue weighted by atomic mass is 19.3. The molecule has 1 atom stereocenters. The van der Waals surface area contributed by atoms with Gasteiger partial charge in [0.2, 0.25) is 0 Å². The summed E-state index contributed by atoms with van der Waals surface area (Å²) >= 11 is 0. The fraction of sp³-hybridized carbons (Fsp3) is 0.538. The van der Waals surface area contributed by atoms with Crippen molar-refractivity contribution in [3.05, 3.63) is 35.4 Å². The van der Waals surface area contributed by atoms with Gasteiger partial charge in [-0.2, -0.15) is 0 Å². The van der Waals surface area contributed by atoms with Crippen molar-refractivity contribution >= 4 is 0 Å². The van der Waals surface area contributed by atoms with E-state index in [4.69, 9.17) is 5.73 Å². The average molecular weight is 227 g/mol. The van der Waals surface area contributed by atoms with Crippen molar-refractivity contribution in [1.82, 2.24) is 0 Å². The van der Waals surface area contributed by atoms with E-state index >= 15 is 0 Å². The van der Waals surface area contributed by atoms with Crippen LogP contribution < -0.4 is 5.73 Å². The first-order valence-corrected chi connectivity index (χ1v) is 5.49. The van der Waals surface area contributed by atoms with Crippen molar-refractivity contribution in [2.24, 2.45) is 5.73 Å². The molecule has 0 saturated carbocycles. The molecule has 0 amide bonds. The lowest BCUT2D eigenvalue weighted by atomic mass is 9.88. The summed E-state index contributed by atoms with van der Waals surface area (Å²) in [5.41, 5.74) is 6.17. The van der Waals surface area contributed by atoms with Crippen LogP contribution >= 0.6 is 0 Å². The summed E-state index contributed by atoms with van der Waals surface area (Å²) in [6.07, 6.45) is -2.30. The van der Waals surface area contributed by atoms with Gasteiger partial charge in [0.05, 0.1) is 5.54 Å². The van der Waals surface area contributed by atoms with E-state index in [1.165, 1.54) is 6.92 Å². The lowest BCUT2D eigenvalue weighted by Gasteiger charge is -2.25. The molecule has 1 rings (SSSR count). The molecule has 0 radical (unpaired) electrons. The summed E-state index contributed by atoms with van der Waals surface area (Å²) in [7, 11) is 0. The number of benzene rings is 1. The van der Waals surface area contributed by atoms with Crippen LogP contribution in [0, 0.1) is 0 Å². The number of alkyl halides is 2. The lowest BCUT2D eigenvalue weighted by Crippen LogP contribution is -2.46. The van der Waals surface area contributed by atoms with E-state index in [9.17, 15) is 8.78 Å². The topological polar surface area (TPSA) is 26.0 Å². The van der Waals surface area contributed by atoms with Gasteiger partial charge in [0.1, 0.15) is 0 Å². The predicted octanol–water partition coefficient (Wildman–Crippen LogP) is 3.34. The van der Waals surface area contributed by atoms with Crippen LogP contribution in [-0.2, 0) is 6.42 Å². The summed E-state index contributed by atoms with van der Waals surface area (Å²) in [6.45, 7) is 5.50. The van der Waals surface area contributed by atoms with Gasteiger partial charge in [-0.15, -0.1) is 0 Å². The molecule has 3 heteroatoms. The van der Waals surface area contributed by atoms with Crippen LogP contribution in [0.2, 0.25) is 0 Å². The molecule has 16 heavy (non-hydrogen) atoms. The van der Waals surface area contributed by atoms with E-state index in [1.54, 1.807) is 0 Å². The molecule has 0 aromatic heterocycles. The largest absolute Gasteiger partial charge is 0.320 e. The maximum Gasteiger partial charge on any atom is 0.256 e. The third-order valence-corrected chi connectivity index (χ3v) is 2.75. The van der Waals surface area contributed by atoms with Gasteiger partial charge in [0.15, 0.2) is 0 Å². The van der Waals surface area contributed by atoms with Crippen LogP contribution in [-0.4, -0.2) is 12.0 Å². The maximum absolute atomic E-state index is 12.7. The number of hydrogen-bond donors (Lipinski definition) is 1. The summed E-state index contributed by atoms with van der Waals surface area (Å²) in [5, 5.41) is 0. The minimum absolute atomic E-state index is 0.207. The number of hydrogen-bond acceptors (Lipinski definition) is 1. The van der Waals surface area contributed by atoms with Crippen LogP contribution in [0.5, 0.6) is 0 Å². The van der Waals surface area contributed by atoms with Gasteiger partial charge >= 0.3 is 0 Å². The molecule has 0 aliphatic carbocycles. The highest BCUT2D eigenvalue weighted by molar-refractivity contribution is 5.31. The Bertz CT molecular complexity index is 346. The monoisotopic (exact) mass is 227 g/mol. The van der Waals surface area contributed by atoms with E-state index in [0.717, 1.165) is 11.1 Å². The van der Waals surface area contributed by atoms with Crippen molar-refractivity contribution in [3.8, 4) is 0 Å². The van der Waals surface area contributed by atoms with Crippen molar-refractivity contribution in [2.75, 3.05) is 0 Å². The minimum atomic E-state index is -2.51. The Labute approximate surface area is 95.7 Å². The molecule has 1 aromatic carbocycles. The molecule has 1 aromatic rings. The zero-order valence-electron chi connectivity index (χ0n) is 10.0. The van der Waals surface area contributed by atoms with Crippen molar-refractivity contribution in [3.63, 3.8) is 0 Å². The number of rotatable bonds is 4. The summed E-state index contributed by atoms with van der Waals surface area (Å²) < 4.78 is 25.4. The molecule has 0 spiro atoms. The Morgan fingerprint density at radius 3 is 2.31 bits per heavy atom. The highest BCUT2D eigenvalue weighted by Gasteiger charge is 2.31. The van der Waals surface area contributed by atoms with E-state index in [2.05, 4.69) is 13.8 Å². The Kier molecular flexibility index (Phi) is 4.03. The van der Waals surface area contributed by atoms with Gasteiger partial charge in [-0.25, -0.2) is 8.78 Å². The Hall–Kier alpha value is -0.960. The van der Waals surface area contributed by atoms with E-state index in [-0.39, 0.29) is 6.42 Å². The van der Waals surface area contributed by atoms with Gasteiger partial charge in [-0.05, 0) is 30.4 Å². The molecular weight excluding hydrogens is 208 g/mol. The standard InChI is InChI=1S/C13H19F2N/c1-9(2)11-7-5-4-6-10(11)8-13(3,16)12(14)15/h4-7,9,12H,8,16H2,1-3H3. The average Bonchev–Trinajstić information content (AvgIpc) is 2.17. The second-order valence-corrected chi connectivity index (χ2v) is 4.84. The SMILES string of the molecule is CC(C)c1ccccc1CC(C)(N)C(F)F. The Morgan fingerprint density at radius 1 is 1.25 bits per heavy atom. The fourth-order valence-corrected chi connectivity index (χ4v) is 1.75. The molecule has 0 heterocycles. The summed E-state index contributed by atoms with van der Waals surface area (Å²) in [4.78, 5) is 0. The quantitative estimate of drug-likeness (QED) is 0.838. The van der Waals surface area contributed by atoms with E-state index in [1.807, 2.05) is 24.3 Å². The second kappa shape index (κ2) is 4.91. The number of halogens is 2. The first kappa shape index (κ1) is 13.1. The zero-order valence-corrected chi connectivity index (χ0v) is 10.0. The Balaban J connectivity index is 2.97. The molecule has 0 bridgehead atoms. The van der Waals surface area contributed by atoms with Gasteiger partial charge in [-0.3, -0.25) is 0 Å². The second-order valence-electron chi connectivity index (χ2n) is 4.84. The van der Waals surface area contributed by atoms with Crippen molar-refractivity contribution in [1.29, 1.82) is 0 Å². The molecule has 0 saturated heterocycles. The molecular formula is C13H19F2N. The molecule has 0 aliphatic rings. The van der Waals surface area contributed by atoms with Crippen LogP contribution in [0.15, 0.2) is 24.3 Å². The molecule has 90 valence electrons. The molecule has 0 fully saturated rings. The smallest absolute Gasteiger partial charge is 0.256 e. The molecule has 0 aliphatic heterocycles. The van der Waals surface area contributed by atoms with E-state index < -0.39 is 12.0 Å². The lowest BCUT2D eigenvalue weighted by molar-refractivity contribution is 0.0638. The summed E-state index contributed by atoms with van der Waals surface area (Å²) in [6, 6.07) is 7.64. The van der Waals surface area contributed by atoms with Crippen LogP contribution in [0.3, 0.4) is 0 Å². The van der Waals surface area contributed by atoms with Crippen LogP contribution in [0.4, 0.5) is 8.78 Å². The molecule has 1 unspecified atom stereocenters. The first-order chi connectivity index (χ1) is 7.34. The van der Waals surface area contributed by atoms with E-state index in [0.29, 0.717) is 5.92 Å². The first-order valence-electron chi connectivity index (χ1n) is 5.49. The highest BCUT2D eigenvalue weighted by Crippen LogP contribution is 2.25. The van der Waals surface area contributed by atoms with Crippen LogP contribution in [0.1, 0.15) is 37.8 Å². The third kappa shape index (κ3) is 3.01. The van der Waals surface area contributed by atoms with Gasteiger partial charge in [0, 0.05) is 0 Å². The summed E-state index contributed by atoms with van der Waals surface area (Å²) in [5.74, 6) is 0.324. The molecule has 2 N–H and O–H groups in total. The van der Waals surface area contributed by atoms with Crippen molar-refractivity contribution < 1.29 is 8.78 Å². The maximum atomic E-state index is 12.7. The molecule has 1 nitrogen and oxygen atoms in total. The van der Waals surface area contributed by atoms with Crippen molar-refractivity contribution in [2.45, 2.75) is 45.1 Å². The van der Waals surface area contributed by atoms with Gasteiger partial charge < -0.3 is 5.73 Å². The minimum Gasteiger partial charge on any atom is -0.320 e. The fourth-order valence-electron chi connectivity index (χ4n) is 1.75. The zero-order chi connectivity index (χ0) is 12.3. The van der Waals surface area contributed by atoms with Crippen LogP contribution in [0.25, 0.3) is 0 Å². The normalized spacial score (nSPS) is 15.5. The number of nitrogens with two attached hydrogens (primary N) is 1. The third-order valence-electron chi connectivity index (χ3n) is 2.75. The Morgan fingerprint density at radius 2 is 1.81 bits per heavy atom.